The third-order valence-electron chi connectivity index (χ3n) is 2.61. The number of aromatic nitrogens is 5. The third-order valence-corrected chi connectivity index (χ3v) is 5.85. The van der Waals surface area contributed by atoms with E-state index in [0.717, 1.165) is 14.3 Å². The number of hydrogen-bond donors (Lipinski definition) is 1. The summed E-state index contributed by atoms with van der Waals surface area (Å²) in [6.07, 6.45) is 7.38. The summed E-state index contributed by atoms with van der Waals surface area (Å²) < 4.78 is 7.29. The van der Waals surface area contributed by atoms with Crippen molar-refractivity contribution < 1.29 is 0 Å². The lowest BCUT2D eigenvalue weighted by Crippen LogP contribution is -2.11. The van der Waals surface area contributed by atoms with Crippen LogP contribution in [0.2, 0.25) is 0 Å². The molecule has 0 aromatic carbocycles. The van der Waals surface area contributed by atoms with Gasteiger partial charge < -0.3 is 5.73 Å². The van der Waals surface area contributed by atoms with Crippen LogP contribution in [0, 0.1) is 14.3 Å². The van der Waals surface area contributed by atoms with Crippen molar-refractivity contribution in [3.63, 3.8) is 0 Å². The Labute approximate surface area is 174 Å². The molecule has 10 heteroatoms. The van der Waals surface area contributed by atoms with Crippen LogP contribution in [0.25, 0.3) is 11.6 Å². The molecule has 3 heterocycles. The minimum absolute atomic E-state index is 0.687. The summed E-state index contributed by atoms with van der Waals surface area (Å²) in [6.45, 7) is 0. The Morgan fingerprint density at radius 3 is 1.57 bits per heavy atom. The van der Waals surface area contributed by atoms with Gasteiger partial charge in [0.15, 0.2) is 11.6 Å². The van der Waals surface area contributed by atoms with Gasteiger partial charge in [0.05, 0.1) is 32.4 Å². The summed E-state index contributed by atoms with van der Waals surface area (Å²) in [4.78, 5) is 4.70. The second-order valence-corrected chi connectivity index (χ2v) is 8.66. The Morgan fingerprint density at radius 2 is 1.24 bits per heavy atom. The molecule has 0 aliphatic rings. The predicted molar refractivity (Wildman–Crippen MR) is 114 cm³/mol. The second kappa shape index (κ2) is 6.42. The number of pyridine rings is 1. The first kappa shape index (κ1) is 16.2. The fourth-order valence-corrected chi connectivity index (χ4v) is 4.24. The second-order valence-electron chi connectivity index (χ2n) is 4.01. The van der Waals surface area contributed by atoms with Gasteiger partial charge in [-0.05, 0) is 90.4 Å². The summed E-state index contributed by atoms with van der Waals surface area (Å²) in [5.74, 6) is 1.41. The quantitative estimate of drug-likeness (QED) is 0.411. The highest BCUT2D eigenvalue weighted by atomic mass is 127. The van der Waals surface area contributed by atoms with Gasteiger partial charge in [0.25, 0.3) is 0 Å². The molecule has 0 amide bonds. The van der Waals surface area contributed by atoms with E-state index in [9.17, 15) is 0 Å². The molecule has 0 saturated heterocycles. The van der Waals surface area contributed by atoms with Crippen molar-refractivity contribution in [2.75, 3.05) is 5.73 Å². The summed E-state index contributed by atoms with van der Waals surface area (Å²) in [7, 11) is 0. The predicted octanol–water partition coefficient (Wildman–Crippen LogP) is 3.45. The van der Waals surface area contributed by atoms with Crippen LogP contribution in [-0.4, -0.2) is 24.5 Å². The molecule has 3 aromatic heterocycles. The van der Waals surface area contributed by atoms with Crippen LogP contribution in [-0.2, 0) is 0 Å². The molecule has 0 saturated carbocycles. The zero-order chi connectivity index (χ0) is 15.1. The van der Waals surface area contributed by atoms with Gasteiger partial charge >= 0.3 is 0 Å². The van der Waals surface area contributed by atoms with Crippen LogP contribution in [0.3, 0.4) is 0 Å². The average molecular weight is 730 g/mol. The van der Waals surface area contributed by atoms with E-state index in [1.54, 1.807) is 21.8 Å². The van der Waals surface area contributed by atoms with Crippen LogP contribution in [0.5, 0.6) is 0 Å². The lowest BCUT2D eigenvalue weighted by molar-refractivity contribution is 0.796. The Balaban J connectivity index is 2.25. The van der Waals surface area contributed by atoms with E-state index in [1.165, 1.54) is 0 Å². The summed E-state index contributed by atoms with van der Waals surface area (Å²) >= 11 is 8.82. The van der Waals surface area contributed by atoms with Gasteiger partial charge in [0, 0.05) is 12.4 Å². The van der Waals surface area contributed by atoms with Crippen molar-refractivity contribution in [3.8, 4) is 11.6 Å². The van der Waals surface area contributed by atoms with Crippen LogP contribution in [0.1, 0.15) is 0 Å². The number of rotatable bonds is 2. The fourth-order valence-electron chi connectivity index (χ4n) is 1.67. The van der Waals surface area contributed by atoms with Gasteiger partial charge in [0.2, 0.25) is 0 Å². The summed E-state index contributed by atoms with van der Waals surface area (Å²) in [5, 5.41) is 8.62. The molecule has 0 aliphatic carbocycles. The Hall–Kier alpha value is 0.290. The highest BCUT2D eigenvalue weighted by Gasteiger charge is 2.18. The zero-order valence-corrected chi connectivity index (χ0v) is 18.8. The van der Waals surface area contributed by atoms with E-state index in [2.05, 4.69) is 101 Å². The minimum atomic E-state index is 0.687. The average Bonchev–Trinajstić information content (AvgIpc) is 3.05. The highest BCUT2D eigenvalue weighted by molar-refractivity contribution is 14.1. The molecule has 0 fully saturated rings. The fraction of sp³-hybridized carbons (Fsp3) is 0. The number of nitrogens with two attached hydrogens (primary N) is 1. The molecule has 0 unspecified atom stereocenters. The van der Waals surface area contributed by atoms with Gasteiger partial charge in [-0.1, -0.05) is 0 Å². The van der Waals surface area contributed by atoms with E-state index in [-0.39, 0.29) is 0 Å². The van der Waals surface area contributed by atoms with E-state index in [4.69, 9.17) is 10.7 Å². The maximum atomic E-state index is 6.23. The molecule has 108 valence electrons. The lowest BCUT2D eigenvalue weighted by atomic mass is 10.3. The summed E-state index contributed by atoms with van der Waals surface area (Å²) in [5.41, 5.74) is 6.92. The van der Waals surface area contributed by atoms with Gasteiger partial charge in [-0.25, -0.2) is 14.3 Å². The first-order valence-corrected chi connectivity index (χ1v) is 9.84. The van der Waals surface area contributed by atoms with Crippen molar-refractivity contribution in [1.82, 2.24) is 24.5 Å². The van der Waals surface area contributed by atoms with Gasteiger partial charge in [-0.3, -0.25) is 0 Å². The van der Waals surface area contributed by atoms with E-state index in [0.29, 0.717) is 17.3 Å². The largest absolute Gasteiger partial charge is 0.397 e. The molecule has 0 aliphatic heterocycles. The van der Waals surface area contributed by atoms with Gasteiger partial charge in [0.1, 0.15) is 0 Å². The SMILES string of the molecule is Nc1c(I)c(-n2cc(I)cn2)nc(-n2cc(I)cn2)c1I. The topological polar surface area (TPSA) is 74.6 Å². The maximum absolute atomic E-state index is 6.23. The first-order valence-electron chi connectivity index (χ1n) is 5.53. The van der Waals surface area contributed by atoms with Crippen molar-refractivity contribution >= 4 is 96.1 Å². The van der Waals surface area contributed by atoms with Crippen molar-refractivity contribution in [2.24, 2.45) is 0 Å². The molecule has 3 rings (SSSR count). The van der Waals surface area contributed by atoms with Gasteiger partial charge in [-0.2, -0.15) is 10.2 Å². The van der Waals surface area contributed by atoms with Crippen LogP contribution < -0.4 is 5.73 Å². The van der Waals surface area contributed by atoms with E-state index >= 15 is 0 Å². The summed E-state index contributed by atoms with van der Waals surface area (Å²) in [6, 6.07) is 0. The van der Waals surface area contributed by atoms with E-state index < -0.39 is 0 Å². The molecular formula is C11H6I4N6. The first-order chi connectivity index (χ1) is 9.97. The molecule has 3 aromatic rings. The number of halogens is 4. The number of anilines is 1. The number of hydrogen-bond acceptors (Lipinski definition) is 4. The highest BCUT2D eigenvalue weighted by Crippen LogP contribution is 2.30. The normalized spacial score (nSPS) is 11.0. The Morgan fingerprint density at radius 1 is 0.810 bits per heavy atom. The Bertz CT molecular complexity index is 760. The van der Waals surface area contributed by atoms with Crippen molar-refractivity contribution in [2.45, 2.75) is 0 Å². The number of nitrogen functional groups attached to an aromatic ring is 1. The van der Waals surface area contributed by atoms with E-state index in [1.807, 2.05) is 12.4 Å². The molecule has 2 N–H and O–H groups in total. The Kier molecular flexibility index (Phi) is 4.94. The van der Waals surface area contributed by atoms with Crippen LogP contribution in [0.4, 0.5) is 5.69 Å². The molecule has 0 radical (unpaired) electrons. The lowest BCUT2D eigenvalue weighted by Gasteiger charge is -2.12. The molecule has 0 bridgehead atoms. The molecular weight excluding hydrogens is 724 g/mol. The molecule has 0 atom stereocenters. The molecule has 21 heavy (non-hydrogen) atoms. The number of nitrogens with zero attached hydrogens (tertiary/aromatic N) is 5. The smallest absolute Gasteiger partial charge is 0.171 e. The minimum Gasteiger partial charge on any atom is -0.397 e. The molecule has 0 spiro atoms. The van der Waals surface area contributed by atoms with Crippen LogP contribution >= 0.6 is 90.4 Å². The zero-order valence-electron chi connectivity index (χ0n) is 10.1. The van der Waals surface area contributed by atoms with Crippen molar-refractivity contribution in [1.29, 1.82) is 0 Å². The molecule has 6 nitrogen and oxygen atoms in total. The monoisotopic (exact) mass is 730 g/mol. The third kappa shape index (κ3) is 3.17. The standard InChI is InChI=1S/C11H6I4N6/c12-5-1-17-20(3-5)10-7(14)9(16)8(15)11(19-10)21-4-6(13)2-18-21/h1-4H,(H2,16,19). The van der Waals surface area contributed by atoms with Crippen LogP contribution in [0.15, 0.2) is 24.8 Å². The van der Waals surface area contributed by atoms with Gasteiger partial charge in [-0.15, -0.1) is 0 Å². The maximum Gasteiger partial charge on any atom is 0.171 e. The van der Waals surface area contributed by atoms with Crippen molar-refractivity contribution in [3.05, 3.63) is 39.1 Å².